The fourth-order valence-electron chi connectivity index (χ4n) is 1.65. The molecule has 1 fully saturated rings. The van der Waals surface area contributed by atoms with Crippen LogP contribution in [0.5, 0.6) is 0 Å². The number of nitrogens with one attached hydrogen (secondary N) is 1. The Morgan fingerprint density at radius 1 is 1.62 bits per heavy atom. The van der Waals surface area contributed by atoms with Crippen LogP contribution in [0.15, 0.2) is 0 Å². The van der Waals surface area contributed by atoms with Crippen LogP contribution < -0.4 is 5.32 Å². The molecule has 0 aromatic rings. The van der Waals surface area contributed by atoms with Crippen molar-refractivity contribution in [2.45, 2.75) is 31.7 Å². The molecule has 0 heterocycles. The van der Waals surface area contributed by atoms with Crippen LogP contribution in [0.4, 0.5) is 0 Å². The van der Waals surface area contributed by atoms with Gasteiger partial charge in [-0.1, -0.05) is 0 Å². The average Bonchev–Trinajstić information content (AvgIpc) is 2.52. The van der Waals surface area contributed by atoms with Crippen molar-refractivity contribution in [3.63, 3.8) is 0 Å². The summed E-state index contributed by atoms with van der Waals surface area (Å²) in [5, 5.41) is 11.6. The zero-order valence-electron chi connectivity index (χ0n) is 7.42. The van der Waals surface area contributed by atoms with E-state index in [-0.39, 0.29) is 17.9 Å². The zero-order chi connectivity index (χ0) is 9.68. The molecule has 0 aromatic carbocycles. The third kappa shape index (κ3) is 2.89. The van der Waals surface area contributed by atoms with Crippen LogP contribution >= 0.6 is 11.6 Å². The van der Waals surface area contributed by atoms with E-state index in [1.165, 1.54) is 0 Å². The molecule has 2 atom stereocenters. The van der Waals surface area contributed by atoms with Gasteiger partial charge in [-0.05, 0) is 19.3 Å². The molecule has 0 radical (unpaired) electrons. The maximum Gasteiger partial charge on any atom is 0.221 e. The van der Waals surface area contributed by atoms with Crippen molar-refractivity contribution in [3.05, 3.63) is 0 Å². The van der Waals surface area contributed by atoms with Crippen LogP contribution in [-0.2, 0) is 4.79 Å². The molecule has 13 heavy (non-hydrogen) atoms. The van der Waals surface area contributed by atoms with Gasteiger partial charge in [-0.3, -0.25) is 4.79 Å². The van der Waals surface area contributed by atoms with Crippen LogP contribution in [-0.4, -0.2) is 17.8 Å². The van der Waals surface area contributed by atoms with E-state index in [0.717, 1.165) is 19.3 Å². The highest BCUT2D eigenvalue weighted by atomic mass is 35.5. The third-order valence-electron chi connectivity index (χ3n) is 2.35. The summed E-state index contributed by atoms with van der Waals surface area (Å²) in [7, 11) is 0. The molecular formula is C9H13ClN2O. The number of alkyl halides is 1. The summed E-state index contributed by atoms with van der Waals surface area (Å²) in [6, 6.07) is 2.27. The van der Waals surface area contributed by atoms with Gasteiger partial charge in [0.25, 0.3) is 0 Å². The van der Waals surface area contributed by atoms with Gasteiger partial charge in [0.15, 0.2) is 0 Å². The molecule has 1 aliphatic carbocycles. The minimum atomic E-state index is -0.0397. The Morgan fingerprint density at radius 2 is 2.38 bits per heavy atom. The van der Waals surface area contributed by atoms with Crippen molar-refractivity contribution in [2.24, 2.45) is 5.92 Å². The molecule has 3 nitrogen and oxygen atoms in total. The third-order valence-corrected chi connectivity index (χ3v) is 2.54. The summed E-state index contributed by atoms with van der Waals surface area (Å²) in [5.74, 6) is 0.303. The van der Waals surface area contributed by atoms with E-state index >= 15 is 0 Å². The fraction of sp³-hybridized carbons (Fsp3) is 0.778. The first-order chi connectivity index (χ1) is 6.27. The number of nitriles is 1. The summed E-state index contributed by atoms with van der Waals surface area (Å²) in [4.78, 5) is 11.2. The predicted molar refractivity (Wildman–Crippen MR) is 50.2 cm³/mol. The van der Waals surface area contributed by atoms with E-state index in [9.17, 15) is 4.79 Å². The van der Waals surface area contributed by atoms with Crippen molar-refractivity contribution in [1.29, 1.82) is 5.26 Å². The molecule has 1 amide bonds. The summed E-state index contributed by atoms with van der Waals surface area (Å²) < 4.78 is 0. The molecule has 0 aliphatic heterocycles. The molecular weight excluding hydrogens is 188 g/mol. The van der Waals surface area contributed by atoms with Crippen LogP contribution in [0.25, 0.3) is 0 Å². The van der Waals surface area contributed by atoms with E-state index in [2.05, 4.69) is 11.4 Å². The highest BCUT2D eigenvalue weighted by Crippen LogP contribution is 2.24. The number of amides is 1. The Morgan fingerprint density at radius 3 is 3.00 bits per heavy atom. The Labute approximate surface area is 83.1 Å². The first kappa shape index (κ1) is 10.3. The lowest BCUT2D eigenvalue weighted by Crippen LogP contribution is -2.36. The Balaban J connectivity index is 2.36. The van der Waals surface area contributed by atoms with Gasteiger partial charge in [-0.2, -0.15) is 5.26 Å². The van der Waals surface area contributed by atoms with E-state index in [0.29, 0.717) is 12.3 Å². The second kappa shape index (κ2) is 5.08. The first-order valence-electron chi connectivity index (χ1n) is 4.53. The molecule has 2 unspecified atom stereocenters. The van der Waals surface area contributed by atoms with E-state index in [4.69, 9.17) is 16.9 Å². The smallest absolute Gasteiger partial charge is 0.221 e. The second-order valence-electron chi connectivity index (χ2n) is 3.28. The molecule has 0 spiro atoms. The standard InChI is InChI=1S/C9H13ClN2O/c10-5-4-9(13)12-8-3-1-2-7(8)6-11/h7-8H,1-5H2,(H,12,13). The number of rotatable bonds is 3. The van der Waals surface area contributed by atoms with Crippen LogP contribution in [0.2, 0.25) is 0 Å². The Hall–Kier alpha value is -0.750. The fourth-order valence-corrected chi connectivity index (χ4v) is 1.82. The van der Waals surface area contributed by atoms with Crippen molar-refractivity contribution < 1.29 is 4.79 Å². The monoisotopic (exact) mass is 200 g/mol. The van der Waals surface area contributed by atoms with E-state index < -0.39 is 0 Å². The maximum absolute atomic E-state index is 11.2. The summed E-state index contributed by atoms with van der Waals surface area (Å²) in [5.41, 5.74) is 0. The highest BCUT2D eigenvalue weighted by Gasteiger charge is 2.27. The number of hydrogen-bond acceptors (Lipinski definition) is 2. The second-order valence-corrected chi connectivity index (χ2v) is 3.66. The number of hydrogen-bond donors (Lipinski definition) is 1. The molecule has 1 N–H and O–H groups in total. The van der Waals surface area contributed by atoms with Gasteiger partial charge >= 0.3 is 0 Å². The minimum absolute atomic E-state index is 0.000671. The summed E-state index contributed by atoms with van der Waals surface area (Å²) >= 11 is 5.43. The maximum atomic E-state index is 11.2. The minimum Gasteiger partial charge on any atom is -0.352 e. The molecule has 0 bridgehead atoms. The number of nitrogens with zero attached hydrogens (tertiary/aromatic N) is 1. The summed E-state index contributed by atoms with van der Waals surface area (Å²) in [6.45, 7) is 0. The van der Waals surface area contributed by atoms with Gasteiger partial charge < -0.3 is 5.32 Å². The Kier molecular flexibility index (Phi) is 4.04. The van der Waals surface area contributed by atoms with Gasteiger partial charge in [0.2, 0.25) is 5.91 Å². The quantitative estimate of drug-likeness (QED) is 0.701. The molecule has 1 rings (SSSR count). The van der Waals surface area contributed by atoms with Gasteiger partial charge in [0.05, 0.1) is 12.0 Å². The number of halogens is 1. The lowest BCUT2D eigenvalue weighted by atomic mass is 10.1. The number of carbonyl (C=O) groups excluding carboxylic acids is 1. The molecule has 72 valence electrons. The first-order valence-corrected chi connectivity index (χ1v) is 5.06. The molecule has 0 saturated heterocycles. The zero-order valence-corrected chi connectivity index (χ0v) is 8.18. The van der Waals surface area contributed by atoms with Crippen molar-refractivity contribution in [2.75, 3.05) is 5.88 Å². The summed E-state index contributed by atoms with van der Waals surface area (Å²) in [6.07, 6.45) is 3.20. The lowest BCUT2D eigenvalue weighted by Gasteiger charge is -2.14. The predicted octanol–water partition coefficient (Wildman–Crippen LogP) is 1.42. The normalized spacial score (nSPS) is 26.8. The van der Waals surface area contributed by atoms with E-state index in [1.807, 2.05) is 0 Å². The molecule has 1 saturated carbocycles. The lowest BCUT2D eigenvalue weighted by molar-refractivity contribution is -0.121. The van der Waals surface area contributed by atoms with Gasteiger partial charge in [-0.15, -0.1) is 11.6 Å². The number of carbonyl (C=O) groups is 1. The van der Waals surface area contributed by atoms with Crippen LogP contribution in [0, 0.1) is 17.2 Å². The molecule has 0 aromatic heterocycles. The molecule has 4 heteroatoms. The molecule has 1 aliphatic rings. The van der Waals surface area contributed by atoms with Gasteiger partial charge in [0, 0.05) is 18.3 Å². The largest absolute Gasteiger partial charge is 0.352 e. The topological polar surface area (TPSA) is 52.9 Å². The van der Waals surface area contributed by atoms with Gasteiger partial charge in [-0.25, -0.2) is 0 Å². The highest BCUT2D eigenvalue weighted by molar-refractivity contribution is 6.18. The average molecular weight is 201 g/mol. The van der Waals surface area contributed by atoms with Gasteiger partial charge in [0.1, 0.15) is 0 Å². The SMILES string of the molecule is N#CC1CCCC1NC(=O)CCCl. The van der Waals surface area contributed by atoms with Crippen LogP contribution in [0.1, 0.15) is 25.7 Å². The van der Waals surface area contributed by atoms with E-state index in [1.54, 1.807) is 0 Å². The van der Waals surface area contributed by atoms with Crippen molar-refractivity contribution in [1.82, 2.24) is 5.32 Å². The van der Waals surface area contributed by atoms with Crippen molar-refractivity contribution in [3.8, 4) is 6.07 Å². The van der Waals surface area contributed by atoms with Crippen molar-refractivity contribution >= 4 is 17.5 Å². The van der Waals surface area contributed by atoms with Crippen LogP contribution in [0.3, 0.4) is 0 Å². The Bertz CT molecular complexity index is 224.